The van der Waals surface area contributed by atoms with Crippen LogP contribution in [0.5, 0.6) is 0 Å². The number of aromatic nitrogens is 4. The summed E-state index contributed by atoms with van der Waals surface area (Å²) in [6, 6.07) is 11.9. The molecule has 0 N–H and O–H groups in total. The normalized spacial score (nSPS) is 15.3. The molecule has 1 saturated heterocycles. The highest BCUT2D eigenvalue weighted by molar-refractivity contribution is 7.12. The highest BCUT2D eigenvalue weighted by Crippen LogP contribution is 2.15. The van der Waals surface area contributed by atoms with E-state index >= 15 is 0 Å². The summed E-state index contributed by atoms with van der Waals surface area (Å²) in [6.45, 7) is 5.68. The van der Waals surface area contributed by atoms with Crippen LogP contribution in [-0.2, 0) is 6.67 Å². The maximum Gasteiger partial charge on any atom is 0.264 e. The van der Waals surface area contributed by atoms with Crippen molar-refractivity contribution in [3.63, 3.8) is 0 Å². The molecule has 134 valence electrons. The van der Waals surface area contributed by atoms with Crippen molar-refractivity contribution >= 4 is 17.2 Å². The molecule has 4 rings (SSSR count). The number of hydrogen-bond acceptors (Lipinski definition) is 6. The zero-order valence-corrected chi connectivity index (χ0v) is 15.4. The third-order valence-electron chi connectivity index (χ3n) is 4.48. The number of hydrogen-bond donors (Lipinski definition) is 0. The zero-order valence-electron chi connectivity index (χ0n) is 14.6. The standard InChI is InChI=1S/C18H20N6OS/c1-14-4-6-15(7-5-14)17-19-21-24(20-17)13-22-8-10-23(11-9-22)18(25)16-3-2-12-26-16/h2-7,12H,8-11,13H2,1H3. The van der Waals surface area contributed by atoms with Crippen LogP contribution < -0.4 is 0 Å². The van der Waals surface area contributed by atoms with Crippen LogP contribution >= 0.6 is 11.3 Å². The van der Waals surface area contributed by atoms with E-state index in [4.69, 9.17) is 0 Å². The highest BCUT2D eigenvalue weighted by Gasteiger charge is 2.23. The van der Waals surface area contributed by atoms with Gasteiger partial charge in [-0.05, 0) is 23.6 Å². The SMILES string of the molecule is Cc1ccc(-c2nnn(CN3CCN(C(=O)c4cccs4)CC3)n2)cc1. The predicted octanol–water partition coefficient (Wildman–Crippen LogP) is 2.13. The molecule has 1 amide bonds. The van der Waals surface area contributed by atoms with Gasteiger partial charge >= 0.3 is 0 Å². The Bertz CT molecular complexity index is 865. The molecule has 0 saturated carbocycles. The highest BCUT2D eigenvalue weighted by atomic mass is 32.1. The first-order valence-electron chi connectivity index (χ1n) is 8.59. The van der Waals surface area contributed by atoms with Crippen LogP contribution in [-0.4, -0.2) is 62.1 Å². The molecule has 0 aliphatic carbocycles. The summed E-state index contributed by atoms with van der Waals surface area (Å²) in [4.78, 5) is 19.0. The second kappa shape index (κ2) is 7.35. The second-order valence-electron chi connectivity index (χ2n) is 6.38. The molecule has 1 aliphatic heterocycles. The van der Waals surface area contributed by atoms with Crippen LogP contribution in [0, 0.1) is 6.92 Å². The lowest BCUT2D eigenvalue weighted by Gasteiger charge is -2.33. The minimum atomic E-state index is 0.125. The minimum Gasteiger partial charge on any atom is -0.335 e. The first kappa shape index (κ1) is 16.9. The van der Waals surface area contributed by atoms with Crippen LogP contribution in [0.1, 0.15) is 15.2 Å². The quantitative estimate of drug-likeness (QED) is 0.706. The van der Waals surface area contributed by atoms with E-state index in [1.807, 2.05) is 46.7 Å². The number of carbonyl (C=O) groups is 1. The monoisotopic (exact) mass is 368 g/mol. The average Bonchev–Trinajstić information content (AvgIpc) is 3.35. The van der Waals surface area contributed by atoms with Gasteiger partial charge < -0.3 is 4.90 Å². The molecular formula is C18H20N6OS. The van der Waals surface area contributed by atoms with Crippen molar-refractivity contribution in [3.8, 4) is 11.4 Å². The summed E-state index contributed by atoms with van der Waals surface area (Å²) in [7, 11) is 0. The van der Waals surface area contributed by atoms with Crippen molar-refractivity contribution in [1.82, 2.24) is 30.0 Å². The number of amides is 1. The summed E-state index contributed by atoms with van der Waals surface area (Å²) in [5, 5.41) is 14.7. The summed E-state index contributed by atoms with van der Waals surface area (Å²) >= 11 is 1.49. The fourth-order valence-corrected chi connectivity index (χ4v) is 3.64. The van der Waals surface area contributed by atoms with E-state index < -0.39 is 0 Å². The Morgan fingerprint density at radius 1 is 1.12 bits per heavy atom. The summed E-state index contributed by atoms with van der Waals surface area (Å²) in [5.41, 5.74) is 2.17. The van der Waals surface area contributed by atoms with Crippen molar-refractivity contribution in [3.05, 3.63) is 52.2 Å². The number of carbonyl (C=O) groups excluding carboxylic acids is 1. The smallest absolute Gasteiger partial charge is 0.264 e. The summed E-state index contributed by atoms with van der Waals surface area (Å²) in [5.74, 6) is 0.761. The molecule has 0 spiro atoms. The Hall–Kier alpha value is -2.58. The molecule has 2 aromatic heterocycles. The number of thiophene rings is 1. The Morgan fingerprint density at radius 2 is 1.88 bits per heavy atom. The van der Waals surface area contributed by atoms with Crippen molar-refractivity contribution < 1.29 is 4.79 Å². The van der Waals surface area contributed by atoms with Gasteiger partial charge in [0.15, 0.2) is 0 Å². The minimum absolute atomic E-state index is 0.125. The molecule has 0 radical (unpaired) electrons. The molecule has 0 atom stereocenters. The van der Waals surface area contributed by atoms with Gasteiger partial charge in [0.2, 0.25) is 5.82 Å². The maximum atomic E-state index is 12.4. The van der Waals surface area contributed by atoms with Gasteiger partial charge in [0.1, 0.15) is 6.67 Å². The number of nitrogens with zero attached hydrogens (tertiary/aromatic N) is 6. The molecule has 0 unspecified atom stereocenters. The van der Waals surface area contributed by atoms with Gasteiger partial charge in [0.25, 0.3) is 5.91 Å². The molecule has 3 heterocycles. The van der Waals surface area contributed by atoms with Gasteiger partial charge in [-0.25, -0.2) is 0 Å². The van der Waals surface area contributed by atoms with E-state index in [9.17, 15) is 4.79 Å². The third kappa shape index (κ3) is 3.66. The van der Waals surface area contributed by atoms with Gasteiger partial charge in [-0.3, -0.25) is 9.69 Å². The number of aryl methyl sites for hydroxylation is 1. The van der Waals surface area contributed by atoms with Gasteiger partial charge in [-0.1, -0.05) is 35.9 Å². The zero-order chi connectivity index (χ0) is 17.9. The first-order valence-corrected chi connectivity index (χ1v) is 9.47. The van der Waals surface area contributed by atoms with Gasteiger partial charge in [0, 0.05) is 31.7 Å². The second-order valence-corrected chi connectivity index (χ2v) is 7.33. The Morgan fingerprint density at radius 3 is 2.58 bits per heavy atom. The lowest BCUT2D eigenvalue weighted by Crippen LogP contribution is -2.49. The Balaban J connectivity index is 1.33. The molecule has 0 bridgehead atoms. The summed E-state index contributed by atoms with van der Waals surface area (Å²) < 4.78 is 0. The average molecular weight is 368 g/mol. The van der Waals surface area contributed by atoms with Crippen molar-refractivity contribution in [2.45, 2.75) is 13.6 Å². The first-order chi connectivity index (χ1) is 12.7. The third-order valence-corrected chi connectivity index (χ3v) is 5.34. The molecular weight excluding hydrogens is 348 g/mol. The molecule has 1 fully saturated rings. The number of piperazine rings is 1. The Labute approximate surface area is 155 Å². The number of rotatable bonds is 4. The molecule has 7 nitrogen and oxygen atoms in total. The summed E-state index contributed by atoms with van der Waals surface area (Å²) in [6.07, 6.45) is 0. The van der Waals surface area contributed by atoms with E-state index in [1.165, 1.54) is 16.9 Å². The van der Waals surface area contributed by atoms with E-state index in [0.717, 1.165) is 36.6 Å². The van der Waals surface area contributed by atoms with Gasteiger partial charge in [-0.15, -0.1) is 26.3 Å². The molecule has 8 heteroatoms. The fourth-order valence-electron chi connectivity index (χ4n) is 2.95. The molecule has 1 aromatic carbocycles. The van der Waals surface area contributed by atoms with Crippen LogP contribution in [0.2, 0.25) is 0 Å². The van der Waals surface area contributed by atoms with E-state index in [-0.39, 0.29) is 5.91 Å². The number of tetrazole rings is 1. The lowest BCUT2D eigenvalue weighted by atomic mass is 10.1. The lowest BCUT2D eigenvalue weighted by molar-refractivity contribution is 0.0579. The molecule has 3 aromatic rings. The van der Waals surface area contributed by atoms with Crippen molar-refractivity contribution in [2.24, 2.45) is 0 Å². The van der Waals surface area contributed by atoms with E-state index in [1.54, 1.807) is 4.80 Å². The predicted molar refractivity (Wildman–Crippen MR) is 99.8 cm³/mol. The van der Waals surface area contributed by atoms with Gasteiger partial charge in [-0.2, -0.15) is 0 Å². The fraction of sp³-hybridized carbons (Fsp3) is 0.333. The molecule has 1 aliphatic rings. The van der Waals surface area contributed by atoms with Gasteiger partial charge in [0.05, 0.1) is 4.88 Å². The number of benzene rings is 1. The van der Waals surface area contributed by atoms with Crippen LogP contribution in [0.25, 0.3) is 11.4 Å². The van der Waals surface area contributed by atoms with Crippen molar-refractivity contribution in [2.75, 3.05) is 26.2 Å². The van der Waals surface area contributed by atoms with E-state index in [0.29, 0.717) is 12.5 Å². The largest absolute Gasteiger partial charge is 0.335 e. The van der Waals surface area contributed by atoms with Crippen LogP contribution in [0.4, 0.5) is 0 Å². The van der Waals surface area contributed by atoms with Crippen LogP contribution in [0.15, 0.2) is 41.8 Å². The van der Waals surface area contributed by atoms with Crippen LogP contribution in [0.3, 0.4) is 0 Å². The topological polar surface area (TPSA) is 67.2 Å². The Kier molecular flexibility index (Phi) is 4.77. The van der Waals surface area contributed by atoms with Crippen molar-refractivity contribution in [1.29, 1.82) is 0 Å². The molecule has 26 heavy (non-hydrogen) atoms. The maximum absolute atomic E-state index is 12.4. The van der Waals surface area contributed by atoms with E-state index in [2.05, 4.69) is 27.2 Å².